The second kappa shape index (κ2) is 8.92. The van der Waals surface area contributed by atoms with E-state index in [0.29, 0.717) is 24.5 Å². The number of ether oxygens (including phenoxy) is 1. The highest BCUT2D eigenvalue weighted by atomic mass is 35.5. The number of hydrogen-bond acceptors (Lipinski definition) is 4. The summed E-state index contributed by atoms with van der Waals surface area (Å²) in [6, 6.07) is 15.7. The summed E-state index contributed by atoms with van der Waals surface area (Å²) in [4.78, 5) is 30.0. The minimum Gasteiger partial charge on any atom is -0.494 e. The van der Waals surface area contributed by atoms with E-state index in [-0.39, 0.29) is 28.3 Å². The van der Waals surface area contributed by atoms with Crippen LogP contribution in [0, 0.1) is 10.8 Å². The number of carbonyl (C=O) groups is 2. The maximum atomic E-state index is 13.9. The minimum absolute atomic E-state index is 0.117. The Morgan fingerprint density at radius 1 is 0.861 bits per heavy atom. The molecule has 0 spiro atoms. The van der Waals surface area contributed by atoms with Gasteiger partial charge in [-0.3, -0.25) is 9.59 Å². The van der Waals surface area contributed by atoms with E-state index in [9.17, 15) is 9.59 Å². The van der Waals surface area contributed by atoms with Gasteiger partial charge in [0.05, 0.1) is 6.61 Å². The molecule has 188 valence electrons. The minimum atomic E-state index is -0.389. The van der Waals surface area contributed by atoms with Crippen LogP contribution in [0.2, 0.25) is 5.02 Å². The smallest absolute Gasteiger partial charge is 0.162 e. The number of ketones is 2. The fraction of sp³-hybridized carbons (Fsp3) is 0.419. The molecule has 2 aromatic carbocycles. The van der Waals surface area contributed by atoms with E-state index < -0.39 is 0 Å². The molecule has 0 atom stereocenters. The average molecular weight is 504 g/mol. The molecule has 0 aromatic heterocycles. The summed E-state index contributed by atoms with van der Waals surface area (Å²) in [5, 5.41) is 0.609. The van der Waals surface area contributed by atoms with E-state index >= 15 is 0 Å². The zero-order valence-electron chi connectivity index (χ0n) is 21.8. The lowest BCUT2D eigenvalue weighted by Gasteiger charge is -2.49. The van der Waals surface area contributed by atoms with Gasteiger partial charge in [-0.1, -0.05) is 51.4 Å². The number of hydrogen-bond donors (Lipinski definition) is 0. The Morgan fingerprint density at radius 2 is 1.42 bits per heavy atom. The van der Waals surface area contributed by atoms with E-state index in [1.807, 2.05) is 55.5 Å². The van der Waals surface area contributed by atoms with Crippen LogP contribution >= 0.6 is 11.6 Å². The van der Waals surface area contributed by atoms with Crippen LogP contribution in [-0.2, 0) is 9.59 Å². The van der Waals surface area contributed by atoms with Crippen LogP contribution < -0.4 is 9.64 Å². The number of halogens is 1. The van der Waals surface area contributed by atoms with E-state index in [4.69, 9.17) is 16.3 Å². The number of rotatable bonds is 4. The van der Waals surface area contributed by atoms with Gasteiger partial charge in [-0.25, -0.2) is 0 Å². The maximum absolute atomic E-state index is 13.9. The first-order valence-electron chi connectivity index (χ1n) is 12.8. The fourth-order valence-electron chi connectivity index (χ4n) is 6.15. The summed E-state index contributed by atoms with van der Waals surface area (Å²) >= 11 is 6.42. The highest BCUT2D eigenvalue weighted by molar-refractivity contribution is 6.30. The summed E-state index contributed by atoms with van der Waals surface area (Å²) in [5.41, 5.74) is 5.03. The van der Waals surface area contributed by atoms with Crippen molar-refractivity contribution in [2.45, 2.75) is 66.2 Å². The number of allylic oxidation sites excluding steroid dienone is 4. The summed E-state index contributed by atoms with van der Waals surface area (Å²) in [6.07, 6.45) is 2.43. The van der Waals surface area contributed by atoms with Crippen LogP contribution in [0.3, 0.4) is 0 Å². The summed E-state index contributed by atoms with van der Waals surface area (Å²) in [6.45, 7) is 11.2. The van der Waals surface area contributed by atoms with Crippen molar-refractivity contribution in [1.82, 2.24) is 0 Å². The molecule has 2 aliphatic carbocycles. The van der Waals surface area contributed by atoms with Crippen molar-refractivity contribution >= 4 is 28.9 Å². The Labute approximate surface area is 219 Å². The van der Waals surface area contributed by atoms with Crippen molar-refractivity contribution < 1.29 is 14.3 Å². The van der Waals surface area contributed by atoms with Crippen LogP contribution in [0.25, 0.3) is 0 Å². The molecular formula is C31H34ClNO3. The first kappa shape index (κ1) is 24.8. The number of nitrogens with zero attached hydrogens (tertiary/aromatic N) is 1. The lowest BCUT2D eigenvalue weighted by molar-refractivity contribution is -0.119. The summed E-state index contributed by atoms with van der Waals surface area (Å²) < 4.78 is 5.68. The zero-order valence-corrected chi connectivity index (χ0v) is 22.5. The van der Waals surface area contributed by atoms with Gasteiger partial charge in [0, 0.05) is 52.0 Å². The molecule has 0 bridgehead atoms. The molecule has 0 fully saturated rings. The van der Waals surface area contributed by atoms with Gasteiger partial charge >= 0.3 is 0 Å². The van der Waals surface area contributed by atoms with Crippen LogP contribution in [0.1, 0.15) is 71.8 Å². The van der Waals surface area contributed by atoms with E-state index in [2.05, 4.69) is 32.6 Å². The van der Waals surface area contributed by atoms with Crippen LogP contribution in [0.15, 0.2) is 71.1 Å². The number of anilines is 1. The molecule has 5 rings (SSSR count). The van der Waals surface area contributed by atoms with Crippen LogP contribution in [-0.4, -0.2) is 18.2 Å². The van der Waals surface area contributed by atoms with Gasteiger partial charge in [-0.2, -0.15) is 0 Å². The third-order valence-electron chi connectivity index (χ3n) is 7.50. The number of benzene rings is 2. The first-order valence-corrected chi connectivity index (χ1v) is 13.2. The van der Waals surface area contributed by atoms with Crippen molar-refractivity contribution in [3.05, 3.63) is 81.7 Å². The van der Waals surface area contributed by atoms with E-state index in [0.717, 1.165) is 52.4 Å². The number of Topliss-reactive ketones (excluding diaryl/α,β-unsaturated/α-hetero) is 2. The maximum Gasteiger partial charge on any atom is 0.162 e. The van der Waals surface area contributed by atoms with Crippen LogP contribution in [0.4, 0.5) is 5.69 Å². The Hall–Kier alpha value is -2.85. The monoisotopic (exact) mass is 503 g/mol. The molecule has 0 amide bonds. The zero-order chi connectivity index (χ0) is 25.8. The van der Waals surface area contributed by atoms with Crippen molar-refractivity contribution in [3.8, 4) is 5.75 Å². The first-order chi connectivity index (χ1) is 17.0. The Morgan fingerprint density at radius 3 is 1.92 bits per heavy atom. The third kappa shape index (κ3) is 4.41. The van der Waals surface area contributed by atoms with Gasteiger partial charge in [-0.15, -0.1) is 0 Å². The summed E-state index contributed by atoms with van der Waals surface area (Å²) in [7, 11) is 0. The highest BCUT2D eigenvalue weighted by Gasteiger charge is 2.49. The van der Waals surface area contributed by atoms with Crippen LogP contribution in [0.5, 0.6) is 5.75 Å². The molecule has 4 nitrogen and oxygen atoms in total. The van der Waals surface area contributed by atoms with Gasteiger partial charge < -0.3 is 9.64 Å². The molecule has 2 aromatic rings. The Bertz CT molecular complexity index is 1250. The van der Waals surface area contributed by atoms with Gasteiger partial charge in [0.2, 0.25) is 0 Å². The second-order valence-corrected chi connectivity index (χ2v) is 12.3. The second-order valence-electron chi connectivity index (χ2n) is 11.9. The SMILES string of the molecule is CCOc1ccc(N2C3=C(C(=O)CC(C)(C)C3)C(c3cccc(Cl)c3)C3=C2CC(C)(C)CC3=O)cc1. The van der Waals surface area contributed by atoms with Gasteiger partial charge in [0.1, 0.15) is 5.75 Å². The molecule has 0 radical (unpaired) electrons. The van der Waals surface area contributed by atoms with Gasteiger partial charge in [0.25, 0.3) is 0 Å². The summed E-state index contributed by atoms with van der Waals surface area (Å²) in [5.74, 6) is 0.649. The quantitative estimate of drug-likeness (QED) is 0.430. The predicted molar refractivity (Wildman–Crippen MR) is 144 cm³/mol. The molecule has 3 aliphatic rings. The molecule has 1 heterocycles. The largest absolute Gasteiger partial charge is 0.494 e. The molecule has 0 saturated carbocycles. The van der Waals surface area contributed by atoms with E-state index in [1.54, 1.807) is 0 Å². The van der Waals surface area contributed by atoms with Crippen molar-refractivity contribution in [3.63, 3.8) is 0 Å². The lowest BCUT2D eigenvalue weighted by atomic mass is 9.63. The Balaban J connectivity index is 1.79. The molecule has 5 heteroatoms. The van der Waals surface area contributed by atoms with Crippen molar-refractivity contribution in [1.29, 1.82) is 0 Å². The molecule has 36 heavy (non-hydrogen) atoms. The molecule has 1 aliphatic heterocycles. The van der Waals surface area contributed by atoms with Crippen molar-refractivity contribution in [2.75, 3.05) is 11.5 Å². The third-order valence-corrected chi connectivity index (χ3v) is 7.73. The Kier molecular flexibility index (Phi) is 6.15. The molecular weight excluding hydrogens is 470 g/mol. The predicted octanol–water partition coefficient (Wildman–Crippen LogP) is 7.63. The standard InChI is InChI=1S/C31H34ClNO3/c1-6-36-22-12-10-21(11-13-22)33-23-15-30(2,3)17-25(34)28(23)27(19-8-7-9-20(32)14-19)29-24(33)16-31(4,5)18-26(29)35/h7-14,27H,6,15-18H2,1-5H3. The molecule has 0 N–H and O–H groups in total. The van der Waals surface area contributed by atoms with Crippen molar-refractivity contribution in [2.24, 2.45) is 10.8 Å². The van der Waals surface area contributed by atoms with Gasteiger partial charge in [0.15, 0.2) is 11.6 Å². The average Bonchev–Trinajstić information content (AvgIpc) is 2.77. The number of carbonyl (C=O) groups excluding carboxylic acids is 2. The molecule has 0 unspecified atom stereocenters. The normalized spacial score (nSPS) is 21.4. The topological polar surface area (TPSA) is 46.6 Å². The van der Waals surface area contributed by atoms with Gasteiger partial charge in [-0.05, 0) is 72.6 Å². The lowest BCUT2D eigenvalue weighted by Crippen LogP contribution is -2.44. The molecule has 0 saturated heterocycles. The fourth-order valence-corrected chi connectivity index (χ4v) is 6.35. The highest BCUT2D eigenvalue weighted by Crippen LogP contribution is 2.55. The van der Waals surface area contributed by atoms with E-state index in [1.165, 1.54) is 0 Å².